The van der Waals surface area contributed by atoms with E-state index in [4.69, 9.17) is 4.74 Å². The minimum Gasteiger partial charge on any atom is -0.390 e. The zero-order valence-corrected chi connectivity index (χ0v) is 8.75. The largest absolute Gasteiger partial charge is 0.435 e. The number of nitrogens with zero attached hydrogens (tertiary/aromatic N) is 3. The molecule has 1 aromatic heterocycles. The fraction of sp³-hybridized carbons (Fsp3) is 0.500. The van der Waals surface area contributed by atoms with E-state index in [0.29, 0.717) is 13.2 Å². The fourth-order valence-corrected chi connectivity index (χ4v) is 1.10. The van der Waals surface area contributed by atoms with Gasteiger partial charge >= 0.3 is 5.95 Å². The first kappa shape index (κ1) is 12.1. The van der Waals surface area contributed by atoms with Crippen LogP contribution in [0.25, 0.3) is 0 Å². The van der Waals surface area contributed by atoms with E-state index in [0.717, 1.165) is 0 Å². The number of imidazole rings is 1. The minimum atomic E-state index is -0.636. The van der Waals surface area contributed by atoms with Gasteiger partial charge in [-0.1, -0.05) is 4.98 Å². The van der Waals surface area contributed by atoms with Crippen molar-refractivity contribution in [3.8, 4) is 0 Å². The number of amides is 1. The molecule has 0 aliphatic heterocycles. The van der Waals surface area contributed by atoms with E-state index in [9.17, 15) is 14.9 Å². The molecule has 1 aromatic rings. The number of ether oxygens (including phenoxy) is 1. The number of hydrogen-bond donors (Lipinski definition) is 1. The molecule has 88 valence electrons. The van der Waals surface area contributed by atoms with E-state index >= 15 is 0 Å². The first-order valence-electron chi connectivity index (χ1n) is 4.56. The molecule has 0 aromatic carbocycles. The highest BCUT2D eigenvalue weighted by Crippen LogP contribution is 2.06. The molecule has 0 unspecified atom stereocenters. The Labute approximate surface area is 91.4 Å². The lowest BCUT2D eigenvalue weighted by Gasteiger charge is -2.03. The van der Waals surface area contributed by atoms with Crippen molar-refractivity contribution in [3.63, 3.8) is 0 Å². The van der Waals surface area contributed by atoms with Crippen LogP contribution >= 0.6 is 0 Å². The van der Waals surface area contributed by atoms with Crippen molar-refractivity contribution < 1.29 is 14.5 Å². The first-order valence-corrected chi connectivity index (χ1v) is 4.56. The molecule has 0 bridgehead atoms. The third-order valence-electron chi connectivity index (χ3n) is 1.80. The number of carbonyl (C=O) groups excluding carboxylic acids is 1. The van der Waals surface area contributed by atoms with Gasteiger partial charge in [-0.3, -0.25) is 4.79 Å². The van der Waals surface area contributed by atoms with Gasteiger partial charge in [0.25, 0.3) is 5.91 Å². The standard InChI is InChI=1S/C8H12N4O4/c1-16-5-3-9-7(13)6-11-4-2-10-8(11)12(14)15/h2,4H,3,5-6H2,1H3,(H,9,13). The van der Waals surface area contributed by atoms with Crippen LogP contribution in [-0.4, -0.2) is 40.6 Å². The molecule has 8 nitrogen and oxygen atoms in total. The van der Waals surface area contributed by atoms with Crippen LogP contribution in [0, 0.1) is 10.1 Å². The third-order valence-corrected chi connectivity index (χ3v) is 1.80. The number of aromatic nitrogens is 2. The summed E-state index contributed by atoms with van der Waals surface area (Å²) in [5.74, 6) is -0.667. The zero-order valence-electron chi connectivity index (χ0n) is 8.75. The van der Waals surface area contributed by atoms with Gasteiger partial charge in [-0.25, -0.2) is 4.57 Å². The van der Waals surface area contributed by atoms with E-state index in [2.05, 4.69) is 10.3 Å². The molecule has 0 aliphatic rings. The quantitative estimate of drug-likeness (QED) is 0.404. The Morgan fingerprint density at radius 2 is 2.50 bits per heavy atom. The van der Waals surface area contributed by atoms with E-state index in [1.807, 2.05) is 0 Å². The third kappa shape index (κ3) is 3.31. The van der Waals surface area contributed by atoms with Gasteiger partial charge in [0.15, 0.2) is 6.54 Å². The van der Waals surface area contributed by atoms with E-state index < -0.39 is 4.92 Å². The predicted molar refractivity (Wildman–Crippen MR) is 53.8 cm³/mol. The maximum Gasteiger partial charge on any atom is 0.435 e. The summed E-state index contributed by atoms with van der Waals surface area (Å²) in [6, 6.07) is 0. The average Bonchev–Trinajstić information content (AvgIpc) is 2.66. The summed E-state index contributed by atoms with van der Waals surface area (Å²) in [7, 11) is 1.52. The van der Waals surface area contributed by atoms with Crippen LogP contribution in [0.15, 0.2) is 12.4 Å². The van der Waals surface area contributed by atoms with Crippen LogP contribution in [0.2, 0.25) is 0 Å². The van der Waals surface area contributed by atoms with Gasteiger partial charge < -0.3 is 20.2 Å². The van der Waals surface area contributed by atoms with Gasteiger partial charge in [0, 0.05) is 13.7 Å². The zero-order chi connectivity index (χ0) is 12.0. The molecule has 0 fully saturated rings. The second-order valence-corrected chi connectivity index (χ2v) is 2.96. The van der Waals surface area contributed by atoms with Crippen LogP contribution in [0.4, 0.5) is 5.95 Å². The van der Waals surface area contributed by atoms with Gasteiger partial charge in [-0.05, 0) is 4.92 Å². The van der Waals surface area contributed by atoms with Gasteiger partial charge in [-0.2, -0.15) is 0 Å². The molecule has 8 heteroatoms. The van der Waals surface area contributed by atoms with Crippen LogP contribution in [0.3, 0.4) is 0 Å². The van der Waals surface area contributed by atoms with Crippen LogP contribution < -0.4 is 5.32 Å². The lowest BCUT2D eigenvalue weighted by atomic mass is 10.5. The molecule has 16 heavy (non-hydrogen) atoms. The fourth-order valence-electron chi connectivity index (χ4n) is 1.10. The highest BCUT2D eigenvalue weighted by Gasteiger charge is 2.16. The summed E-state index contributed by atoms with van der Waals surface area (Å²) in [4.78, 5) is 24.7. The molecule has 0 aliphatic carbocycles. The molecule has 1 heterocycles. The number of nitrogens with one attached hydrogen (secondary N) is 1. The van der Waals surface area contributed by atoms with Crippen molar-refractivity contribution in [2.45, 2.75) is 6.54 Å². The lowest BCUT2D eigenvalue weighted by Crippen LogP contribution is -2.30. The number of rotatable bonds is 6. The Bertz CT molecular complexity index is 376. The molecule has 0 saturated carbocycles. The Morgan fingerprint density at radius 3 is 3.12 bits per heavy atom. The van der Waals surface area contributed by atoms with Crippen LogP contribution in [0.5, 0.6) is 0 Å². The summed E-state index contributed by atoms with van der Waals surface area (Å²) >= 11 is 0. The van der Waals surface area contributed by atoms with E-state index in [-0.39, 0.29) is 18.4 Å². The summed E-state index contributed by atoms with van der Waals surface area (Å²) in [6.45, 7) is 0.648. The van der Waals surface area contributed by atoms with Gasteiger partial charge in [-0.15, -0.1) is 0 Å². The Morgan fingerprint density at radius 1 is 1.75 bits per heavy atom. The van der Waals surface area contributed by atoms with Crippen molar-refractivity contribution >= 4 is 11.9 Å². The van der Waals surface area contributed by atoms with Crippen LogP contribution in [-0.2, 0) is 16.1 Å². The summed E-state index contributed by atoms with van der Waals surface area (Å²) < 4.78 is 5.92. The SMILES string of the molecule is COCCNC(=O)Cn1ccnc1[N+](=O)[O-]. The number of methoxy groups -OCH3 is 1. The molecule has 1 amide bonds. The predicted octanol–water partition coefficient (Wildman–Crippen LogP) is -0.446. The number of hydrogen-bond acceptors (Lipinski definition) is 5. The maximum atomic E-state index is 11.3. The summed E-state index contributed by atoms with van der Waals surface area (Å²) in [5.41, 5.74) is 0. The second-order valence-electron chi connectivity index (χ2n) is 2.96. The van der Waals surface area contributed by atoms with E-state index in [1.165, 1.54) is 24.1 Å². The van der Waals surface area contributed by atoms with Crippen molar-refractivity contribution in [1.29, 1.82) is 0 Å². The number of carbonyl (C=O) groups is 1. The highest BCUT2D eigenvalue weighted by atomic mass is 16.6. The number of nitro groups is 1. The normalized spacial score (nSPS) is 10.1. The van der Waals surface area contributed by atoms with Gasteiger partial charge in [0.2, 0.25) is 0 Å². The summed E-state index contributed by atoms with van der Waals surface area (Å²) in [6.07, 6.45) is 2.66. The molecule has 0 radical (unpaired) electrons. The molecule has 1 N–H and O–H groups in total. The maximum absolute atomic E-state index is 11.3. The minimum absolute atomic E-state index is 0.125. The molecular formula is C8H12N4O4. The van der Waals surface area contributed by atoms with Gasteiger partial charge in [0.05, 0.1) is 6.61 Å². The van der Waals surface area contributed by atoms with Crippen molar-refractivity contribution in [1.82, 2.24) is 14.9 Å². The van der Waals surface area contributed by atoms with E-state index in [1.54, 1.807) is 0 Å². The monoisotopic (exact) mass is 228 g/mol. The van der Waals surface area contributed by atoms with Crippen molar-refractivity contribution in [3.05, 3.63) is 22.5 Å². The Hall–Kier alpha value is -1.96. The second kappa shape index (κ2) is 5.81. The van der Waals surface area contributed by atoms with Crippen molar-refractivity contribution in [2.75, 3.05) is 20.3 Å². The molecule has 0 atom stereocenters. The molecule has 1 rings (SSSR count). The smallest absolute Gasteiger partial charge is 0.390 e. The topological polar surface area (TPSA) is 99.3 Å². The molecule has 0 spiro atoms. The molecule has 0 saturated heterocycles. The Kier molecular flexibility index (Phi) is 4.40. The first-order chi connectivity index (χ1) is 7.65. The van der Waals surface area contributed by atoms with Crippen molar-refractivity contribution in [2.24, 2.45) is 0 Å². The average molecular weight is 228 g/mol. The summed E-state index contributed by atoms with van der Waals surface area (Å²) in [5, 5.41) is 13.0. The van der Waals surface area contributed by atoms with Gasteiger partial charge in [0.1, 0.15) is 12.4 Å². The highest BCUT2D eigenvalue weighted by molar-refractivity contribution is 5.75. The molecular weight excluding hydrogens is 216 g/mol. The van der Waals surface area contributed by atoms with Crippen LogP contribution in [0.1, 0.15) is 0 Å². The Balaban J connectivity index is 2.49. The lowest BCUT2D eigenvalue weighted by molar-refractivity contribution is -0.396.